The number of alkyl carbamates (subject to hydrolysis) is 1. The summed E-state index contributed by atoms with van der Waals surface area (Å²) in [4.78, 5) is 23.4. The average molecular weight is 305 g/mol. The van der Waals surface area contributed by atoms with Gasteiger partial charge in [0.1, 0.15) is 5.60 Å². The Labute approximate surface area is 133 Å². The molecule has 1 unspecified atom stereocenters. The Morgan fingerprint density at radius 3 is 2.09 bits per heavy atom. The van der Waals surface area contributed by atoms with E-state index in [9.17, 15) is 9.59 Å². The molecule has 0 aliphatic carbocycles. The summed E-state index contributed by atoms with van der Waals surface area (Å²) in [6, 6.07) is 7.24. The van der Waals surface area contributed by atoms with Gasteiger partial charge in [-0.3, -0.25) is 4.79 Å². The Morgan fingerprint density at radius 2 is 1.68 bits per heavy atom. The van der Waals surface area contributed by atoms with Gasteiger partial charge in [-0.2, -0.15) is 0 Å². The standard InChI is InChI=1S/C18H27NO3/c1-12(2)11-16(19-17(21)22-18(4,5)6)15-9-7-14(8-10-15)13(3)20/h7-10,12,16H,11H2,1-6H3,(H,19,21). The largest absolute Gasteiger partial charge is 0.444 e. The van der Waals surface area contributed by atoms with Crippen LogP contribution >= 0.6 is 0 Å². The molecule has 0 bridgehead atoms. The Bertz CT molecular complexity index is 512. The lowest BCUT2D eigenvalue weighted by Crippen LogP contribution is -2.35. The molecule has 0 heterocycles. The molecule has 1 aromatic rings. The number of ether oxygens (including phenoxy) is 1. The number of carbonyl (C=O) groups is 2. The van der Waals surface area contributed by atoms with Crippen molar-refractivity contribution in [3.05, 3.63) is 35.4 Å². The lowest BCUT2D eigenvalue weighted by atomic mass is 9.96. The number of hydrogen-bond donors (Lipinski definition) is 1. The molecule has 0 radical (unpaired) electrons. The first-order valence-electron chi connectivity index (χ1n) is 7.69. The average Bonchev–Trinajstić information content (AvgIpc) is 2.35. The summed E-state index contributed by atoms with van der Waals surface area (Å²) in [5.74, 6) is 0.458. The van der Waals surface area contributed by atoms with Gasteiger partial charge in [-0.15, -0.1) is 0 Å². The number of nitrogens with one attached hydrogen (secondary N) is 1. The third-order valence-electron chi connectivity index (χ3n) is 3.12. The quantitative estimate of drug-likeness (QED) is 0.815. The number of benzene rings is 1. The molecule has 22 heavy (non-hydrogen) atoms. The molecular formula is C18H27NO3. The molecule has 1 rings (SSSR count). The molecule has 0 fully saturated rings. The number of amides is 1. The SMILES string of the molecule is CC(=O)c1ccc(C(CC(C)C)NC(=O)OC(C)(C)C)cc1. The summed E-state index contributed by atoms with van der Waals surface area (Å²) in [6.07, 6.45) is 0.382. The number of Topliss-reactive ketones (excluding diaryl/α,β-unsaturated/α-hetero) is 1. The van der Waals surface area contributed by atoms with E-state index in [0.29, 0.717) is 11.5 Å². The van der Waals surface area contributed by atoms with E-state index in [-0.39, 0.29) is 11.8 Å². The molecule has 0 saturated carbocycles. The van der Waals surface area contributed by atoms with Crippen molar-refractivity contribution in [3.8, 4) is 0 Å². The van der Waals surface area contributed by atoms with Gasteiger partial charge < -0.3 is 10.1 Å². The fourth-order valence-corrected chi connectivity index (χ4v) is 2.15. The van der Waals surface area contributed by atoms with Crippen LogP contribution in [0, 0.1) is 5.92 Å². The third-order valence-corrected chi connectivity index (χ3v) is 3.12. The lowest BCUT2D eigenvalue weighted by molar-refractivity contribution is 0.0497. The van der Waals surface area contributed by atoms with Gasteiger partial charge in [0.2, 0.25) is 0 Å². The van der Waals surface area contributed by atoms with Gasteiger partial charge in [-0.1, -0.05) is 38.1 Å². The monoisotopic (exact) mass is 305 g/mol. The molecule has 1 aromatic carbocycles. The van der Waals surface area contributed by atoms with E-state index in [1.54, 1.807) is 19.1 Å². The predicted molar refractivity (Wildman–Crippen MR) is 88.0 cm³/mol. The molecule has 0 aliphatic rings. The number of rotatable bonds is 5. The van der Waals surface area contributed by atoms with Gasteiger partial charge >= 0.3 is 6.09 Å². The molecule has 122 valence electrons. The summed E-state index contributed by atoms with van der Waals surface area (Å²) in [7, 11) is 0. The van der Waals surface area contributed by atoms with Crippen LogP contribution in [0.1, 0.15) is 69.9 Å². The topological polar surface area (TPSA) is 55.4 Å². The van der Waals surface area contributed by atoms with Gasteiger partial charge in [-0.05, 0) is 45.6 Å². The van der Waals surface area contributed by atoms with Crippen LogP contribution in [0.2, 0.25) is 0 Å². The first-order chi connectivity index (χ1) is 10.1. The third kappa shape index (κ3) is 6.29. The fourth-order valence-electron chi connectivity index (χ4n) is 2.15. The van der Waals surface area contributed by atoms with Crippen molar-refractivity contribution in [2.45, 2.75) is 59.6 Å². The van der Waals surface area contributed by atoms with Crippen LogP contribution < -0.4 is 5.32 Å². The van der Waals surface area contributed by atoms with Crippen molar-refractivity contribution >= 4 is 11.9 Å². The first kappa shape index (κ1) is 18.2. The summed E-state index contributed by atoms with van der Waals surface area (Å²) >= 11 is 0. The van der Waals surface area contributed by atoms with Crippen molar-refractivity contribution in [2.24, 2.45) is 5.92 Å². The van der Waals surface area contributed by atoms with Crippen LogP contribution in [0.5, 0.6) is 0 Å². The van der Waals surface area contributed by atoms with E-state index in [4.69, 9.17) is 4.74 Å². The molecule has 4 heteroatoms. The minimum Gasteiger partial charge on any atom is -0.444 e. The van der Waals surface area contributed by atoms with E-state index in [1.807, 2.05) is 32.9 Å². The first-order valence-corrected chi connectivity index (χ1v) is 7.69. The van der Waals surface area contributed by atoms with Gasteiger partial charge in [0.25, 0.3) is 0 Å². The zero-order valence-electron chi connectivity index (χ0n) is 14.4. The Kier molecular flexibility index (Phi) is 6.15. The van der Waals surface area contributed by atoms with Crippen LogP contribution in [-0.4, -0.2) is 17.5 Å². The number of ketones is 1. The lowest BCUT2D eigenvalue weighted by Gasteiger charge is -2.25. The second-order valence-corrected chi connectivity index (χ2v) is 7.01. The van der Waals surface area contributed by atoms with Gasteiger partial charge in [0.05, 0.1) is 6.04 Å². The second kappa shape index (κ2) is 7.43. The maximum absolute atomic E-state index is 12.0. The van der Waals surface area contributed by atoms with E-state index < -0.39 is 11.7 Å². The summed E-state index contributed by atoms with van der Waals surface area (Å²) in [6.45, 7) is 11.3. The minimum atomic E-state index is -0.523. The van der Waals surface area contributed by atoms with Crippen molar-refractivity contribution in [3.63, 3.8) is 0 Å². The second-order valence-electron chi connectivity index (χ2n) is 7.01. The van der Waals surface area contributed by atoms with Crippen LogP contribution in [-0.2, 0) is 4.74 Å². The normalized spacial score (nSPS) is 12.9. The maximum atomic E-state index is 12.0. The highest BCUT2D eigenvalue weighted by atomic mass is 16.6. The Morgan fingerprint density at radius 1 is 1.14 bits per heavy atom. The molecule has 1 amide bonds. The van der Waals surface area contributed by atoms with E-state index in [2.05, 4.69) is 19.2 Å². The van der Waals surface area contributed by atoms with Crippen molar-refractivity contribution in [1.82, 2.24) is 5.32 Å². The highest BCUT2D eigenvalue weighted by molar-refractivity contribution is 5.94. The summed E-state index contributed by atoms with van der Waals surface area (Å²) in [5.41, 5.74) is 1.12. The molecule has 0 aliphatic heterocycles. The summed E-state index contributed by atoms with van der Waals surface area (Å²) in [5, 5.41) is 2.92. The van der Waals surface area contributed by atoms with Crippen LogP contribution in [0.25, 0.3) is 0 Å². The van der Waals surface area contributed by atoms with Crippen molar-refractivity contribution in [1.29, 1.82) is 0 Å². The Hall–Kier alpha value is -1.84. The van der Waals surface area contributed by atoms with E-state index in [0.717, 1.165) is 12.0 Å². The van der Waals surface area contributed by atoms with E-state index >= 15 is 0 Å². The highest BCUT2D eigenvalue weighted by Crippen LogP contribution is 2.22. The molecule has 1 atom stereocenters. The zero-order valence-corrected chi connectivity index (χ0v) is 14.4. The fraction of sp³-hybridized carbons (Fsp3) is 0.556. The maximum Gasteiger partial charge on any atom is 0.408 e. The summed E-state index contributed by atoms with van der Waals surface area (Å²) < 4.78 is 5.33. The molecule has 0 aromatic heterocycles. The van der Waals surface area contributed by atoms with Gasteiger partial charge in [0, 0.05) is 5.56 Å². The number of carbonyl (C=O) groups excluding carboxylic acids is 2. The van der Waals surface area contributed by atoms with Gasteiger partial charge in [0.15, 0.2) is 5.78 Å². The smallest absolute Gasteiger partial charge is 0.408 e. The van der Waals surface area contributed by atoms with Crippen LogP contribution in [0.15, 0.2) is 24.3 Å². The molecular weight excluding hydrogens is 278 g/mol. The highest BCUT2D eigenvalue weighted by Gasteiger charge is 2.21. The molecule has 0 saturated heterocycles. The predicted octanol–water partition coefficient (Wildman–Crippen LogP) is 4.50. The molecule has 4 nitrogen and oxygen atoms in total. The van der Waals surface area contributed by atoms with Crippen LogP contribution in [0.3, 0.4) is 0 Å². The van der Waals surface area contributed by atoms with Gasteiger partial charge in [-0.25, -0.2) is 4.79 Å². The number of hydrogen-bond acceptors (Lipinski definition) is 3. The Balaban J connectivity index is 2.88. The van der Waals surface area contributed by atoms with E-state index in [1.165, 1.54) is 0 Å². The van der Waals surface area contributed by atoms with Crippen molar-refractivity contribution < 1.29 is 14.3 Å². The molecule has 0 spiro atoms. The van der Waals surface area contributed by atoms with Crippen molar-refractivity contribution in [2.75, 3.05) is 0 Å². The molecule has 1 N–H and O–H groups in total. The van der Waals surface area contributed by atoms with Crippen LogP contribution in [0.4, 0.5) is 4.79 Å². The zero-order chi connectivity index (χ0) is 16.9. The minimum absolute atomic E-state index is 0.0343.